The molecular formula is C26H31N7O5. The van der Waals surface area contributed by atoms with Gasteiger partial charge in [-0.25, -0.2) is 14.8 Å². The Morgan fingerprint density at radius 1 is 1.39 bits per heavy atom. The standard InChI is InChI=1S/C26H31N7O5/c1-32(25(35)18-5-8-38-16-18)14-19-10-17-4-3-7-33(24(17)30-22(19)15-34)26(36)31-23-11-21(28-6-9-37-2)20(12-27)13-29-23/h10-11,13,15,18H,3-9,14,16H2,1-2H3,(H2,28,29,31,36). The second kappa shape index (κ2) is 12.4. The van der Waals surface area contributed by atoms with Crippen LogP contribution in [0.3, 0.4) is 0 Å². The SMILES string of the molecule is COCCNc1cc(NC(=O)N2CCCc3cc(CN(C)C(=O)C4CCOC4)c(C=O)nc32)ncc1C#N. The molecule has 1 unspecified atom stereocenters. The average molecular weight is 522 g/mol. The highest BCUT2D eigenvalue weighted by Gasteiger charge is 2.29. The van der Waals surface area contributed by atoms with Crippen molar-refractivity contribution in [3.8, 4) is 6.07 Å². The maximum absolute atomic E-state index is 13.2. The summed E-state index contributed by atoms with van der Waals surface area (Å²) in [5, 5.41) is 15.2. The van der Waals surface area contributed by atoms with E-state index in [1.165, 1.54) is 11.1 Å². The number of fused-ring (bicyclic) bond motifs is 1. The van der Waals surface area contributed by atoms with E-state index in [1.807, 2.05) is 6.07 Å². The Bertz CT molecular complexity index is 1240. The molecule has 1 atom stereocenters. The number of amides is 3. The molecule has 1 fully saturated rings. The highest BCUT2D eigenvalue weighted by atomic mass is 16.5. The van der Waals surface area contributed by atoms with E-state index in [0.29, 0.717) is 81.1 Å². The third kappa shape index (κ3) is 6.07. The van der Waals surface area contributed by atoms with E-state index in [0.717, 1.165) is 5.56 Å². The summed E-state index contributed by atoms with van der Waals surface area (Å²) in [6, 6.07) is 5.07. The summed E-state index contributed by atoms with van der Waals surface area (Å²) in [5.41, 5.74) is 2.52. The second-order valence-electron chi connectivity index (χ2n) is 9.22. The van der Waals surface area contributed by atoms with Gasteiger partial charge in [0.05, 0.1) is 30.4 Å². The lowest BCUT2D eigenvalue weighted by Crippen LogP contribution is -2.40. The number of pyridine rings is 2. The van der Waals surface area contributed by atoms with Crippen molar-refractivity contribution in [3.63, 3.8) is 0 Å². The molecule has 2 aliphatic rings. The van der Waals surface area contributed by atoms with Crippen LogP contribution in [0.4, 0.5) is 22.1 Å². The summed E-state index contributed by atoms with van der Waals surface area (Å²) in [5.74, 6) is 0.481. The fourth-order valence-corrected chi connectivity index (χ4v) is 4.58. The summed E-state index contributed by atoms with van der Waals surface area (Å²) in [6.45, 7) is 2.58. The number of anilines is 3. The number of aryl methyl sites for hydroxylation is 1. The maximum Gasteiger partial charge on any atom is 0.328 e. The van der Waals surface area contributed by atoms with Gasteiger partial charge in [0.1, 0.15) is 23.4 Å². The molecule has 0 bridgehead atoms. The summed E-state index contributed by atoms with van der Waals surface area (Å²) in [7, 11) is 3.29. The van der Waals surface area contributed by atoms with Crippen LogP contribution in [0.1, 0.15) is 40.0 Å². The zero-order valence-electron chi connectivity index (χ0n) is 21.5. The van der Waals surface area contributed by atoms with Gasteiger partial charge in [-0.2, -0.15) is 5.26 Å². The predicted octanol–water partition coefficient (Wildman–Crippen LogP) is 2.20. The molecule has 0 radical (unpaired) electrons. The number of hydrogen-bond acceptors (Lipinski definition) is 9. The number of ether oxygens (including phenoxy) is 2. The van der Waals surface area contributed by atoms with Gasteiger partial charge in [0.25, 0.3) is 0 Å². The first kappa shape index (κ1) is 27.0. The van der Waals surface area contributed by atoms with E-state index in [9.17, 15) is 19.6 Å². The molecule has 38 heavy (non-hydrogen) atoms. The van der Waals surface area contributed by atoms with E-state index in [-0.39, 0.29) is 29.9 Å². The number of urea groups is 1. The molecule has 3 amide bonds. The molecule has 2 aromatic heterocycles. The smallest absolute Gasteiger partial charge is 0.328 e. The Balaban J connectivity index is 1.51. The number of carbonyl (C=O) groups is 3. The quantitative estimate of drug-likeness (QED) is 0.374. The number of nitrogens with one attached hydrogen (secondary N) is 2. The summed E-state index contributed by atoms with van der Waals surface area (Å²) in [6.07, 6.45) is 4.13. The van der Waals surface area contributed by atoms with Crippen molar-refractivity contribution in [1.82, 2.24) is 14.9 Å². The van der Waals surface area contributed by atoms with Crippen molar-refractivity contribution in [2.24, 2.45) is 5.92 Å². The first-order valence-corrected chi connectivity index (χ1v) is 12.5. The number of aromatic nitrogens is 2. The Labute approximate surface area is 220 Å². The lowest BCUT2D eigenvalue weighted by atomic mass is 10.0. The largest absolute Gasteiger partial charge is 0.383 e. The molecule has 0 saturated carbocycles. The Morgan fingerprint density at radius 2 is 2.24 bits per heavy atom. The van der Waals surface area contributed by atoms with Crippen LogP contribution in [-0.2, 0) is 27.2 Å². The molecule has 2 aliphatic heterocycles. The zero-order chi connectivity index (χ0) is 27.1. The minimum Gasteiger partial charge on any atom is -0.383 e. The minimum atomic E-state index is -0.448. The molecule has 4 rings (SSSR count). The summed E-state index contributed by atoms with van der Waals surface area (Å²) in [4.78, 5) is 49.7. The van der Waals surface area contributed by atoms with E-state index in [1.54, 1.807) is 25.1 Å². The lowest BCUT2D eigenvalue weighted by molar-refractivity contribution is -0.134. The topological polar surface area (TPSA) is 150 Å². The Hall–Kier alpha value is -4.08. The average Bonchev–Trinajstić information content (AvgIpc) is 3.47. The second-order valence-corrected chi connectivity index (χ2v) is 9.22. The molecule has 12 heteroatoms. The number of hydrogen-bond donors (Lipinski definition) is 2. The summed E-state index contributed by atoms with van der Waals surface area (Å²) >= 11 is 0. The van der Waals surface area contributed by atoms with Crippen LogP contribution in [0.25, 0.3) is 0 Å². The summed E-state index contributed by atoms with van der Waals surface area (Å²) < 4.78 is 10.4. The number of nitriles is 1. The van der Waals surface area contributed by atoms with Crippen LogP contribution in [0.15, 0.2) is 18.3 Å². The van der Waals surface area contributed by atoms with Gasteiger partial charge >= 0.3 is 6.03 Å². The molecule has 0 spiro atoms. The van der Waals surface area contributed by atoms with Crippen molar-refractivity contribution in [3.05, 3.63) is 40.7 Å². The number of rotatable bonds is 9. The van der Waals surface area contributed by atoms with Crippen molar-refractivity contribution in [2.75, 3.05) is 62.6 Å². The molecule has 0 aliphatic carbocycles. The monoisotopic (exact) mass is 521 g/mol. The number of methoxy groups -OCH3 is 1. The van der Waals surface area contributed by atoms with E-state index in [4.69, 9.17) is 9.47 Å². The van der Waals surface area contributed by atoms with E-state index >= 15 is 0 Å². The Kier molecular flexibility index (Phi) is 8.83. The predicted molar refractivity (Wildman–Crippen MR) is 139 cm³/mol. The van der Waals surface area contributed by atoms with Gasteiger partial charge in [-0.1, -0.05) is 0 Å². The van der Waals surface area contributed by atoms with Gasteiger partial charge < -0.3 is 19.7 Å². The lowest BCUT2D eigenvalue weighted by Gasteiger charge is -2.29. The number of carbonyl (C=O) groups excluding carboxylic acids is 3. The first-order chi connectivity index (χ1) is 18.4. The highest BCUT2D eigenvalue weighted by Crippen LogP contribution is 2.29. The third-order valence-corrected chi connectivity index (χ3v) is 6.58. The van der Waals surface area contributed by atoms with Gasteiger partial charge in [-0.15, -0.1) is 0 Å². The molecular weight excluding hydrogens is 490 g/mol. The van der Waals surface area contributed by atoms with Crippen LogP contribution < -0.4 is 15.5 Å². The fourth-order valence-electron chi connectivity index (χ4n) is 4.58. The van der Waals surface area contributed by atoms with Crippen molar-refractivity contribution >= 4 is 35.5 Å². The minimum absolute atomic E-state index is 0.0240. The third-order valence-electron chi connectivity index (χ3n) is 6.58. The molecule has 0 aromatic carbocycles. The van der Waals surface area contributed by atoms with Crippen LogP contribution in [0.2, 0.25) is 0 Å². The molecule has 2 aromatic rings. The van der Waals surface area contributed by atoms with E-state index < -0.39 is 6.03 Å². The van der Waals surface area contributed by atoms with Crippen LogP contribution in [0.5, 0.6) is 0 Å². The fraction of sp³-hybridized carbons (Fsp3) is 0.462. The van der Waals surface area contributed by atoms with Gasteiger partial charge in [0.2, 0.25) is 5.91 Å². The van der Waals surface area contributed by atoms with Crippen LogP contribution in [-0.4, -0.2) is 80.2 Å². The Morgan fingerprint density at radius 3 is 2.95 bits per heavy atom. The molecule has 4 heterocycles. The van der Waals surface area contributed by atoms with Gasteiger partial charge in [-0.3, -0.25) is 19.8 Å². The van der Waals surface area contributed by atoms with Gasteiger partial charge in [0, 0.05) is 58.2 Å². The number of nitrogens with zero attached hydrogens (tertiary/aromatic N) is 5. The first-order valence-electron chi connectivity index (χ1n) is 12.5. The molecule has 1 saturated heterocycles. The molecule has 200 valence electrons. The highest BCUT2D eigenvalue weighted by molar-refractivity contribution is 6.01. The van der Waals surface area contributed by atoms with Crippen molar-refractivity contribution in [2.45, 2.75) is 25.8 Å². The maximum atomic E-state index is 13.2. The normalized spacial score (nSPS) is 16.3. The van der Waals surface area contributed by atoms with Gasteiger partial charge in [-0.05, 0) is 30.9 Å². The molecule has 2 N–H and O–H groups in total. The zero-order valence-corrected chi connectivity index (χ0v) is 21.5. The van der Waals surface area contributed by atoms with Crippen LogP contribution >= 0.6 is 0 Å². The van der Waals surface area contributed by atoms with E-state index in [2.05, 4.69) is 26.7 Å². The van der Waals surface area contributed by atoms with Crippen molar-refractivity contribution in [1.29, 1.82) is 5.26 Å². The number of aldehydes is 1. The van der Waals surface area contributed by atoms with Gasteiger partial charge in [0.15, 0.2) is 6.29 Å². The molecule has 12 nitrogen and oxygen atoms in total. The van der Waals surface area contributed by atoms with Crippen molar-refractivity contribution < 1.29 is 23.9 Å². The van der Waals surface area contributed by atoms with Crippen LogP contribution in [0, 0.1) is 17.2 Å².